The Labute approximate surface area is 344 Å². The first-order chi connectivity index (χ1) is 28.3. The van der Waals surface area contributed by atoms with Crippen LogP contribution in [0.5, 0.6) is 11.5 Å². The van der Waals surface area contributed by atoms with Crippen molar-refractivity contribution in [3.8, 4) is 17.6 Å². The Morgan fingerprint density at radius 2 is 1.46 bits per heavy atom. The molecule has 5 rings (SSSR count). The summed E-state index contributed by atoms with van der Waals surface area (Å²) in [5.74, 6) is 0.270. The van der Waals surface area contributed by atoms with Crippen molar-refractivity contribution >= 4 is 17.7 Å². The summed E-state index contributed by atoms with van der Waals surface area (Å²) < 4.78 is 45.3. The molecule has 1 N–H and O–H groups in total. The number of anilines is 1. The lowest BCUT2D eigenvalue weighted by Crippen LogP contribution is -2.52. The summed E-state index contributed by atoms with van der Waals surface area (Å²) >= 11 is 0. The van der Waals surface area contributed by atoms with E-state index in [1.54, 1.807) is 14.2 Å². The van der Waals surface area contributed by atoms with Gasteiger partial charge in [0.2, 0.25) is 12.3 Å². The van der Waals surface area contributed by atoms with Crippen LogP contribution in [0.3, 0.4) is 0 Å². The van der Waals surface area contributed by atoms with Gasteiger partial charge in [-0.2, -0.15) is 10.2 Å². The molecule has 1 amide bonds. The van der Waals surface area contributed by atoms with Gasteiger partial charge in [0.1, 0.15) is 35.1 Å². The highest BCUT2D eigenvalue weighted by atomic mass is 16.7. The Balaban J connectivity index is 1.68. The molecule has 1 aromatic heterocycles. The SMILES string of the molecule is COc1ccc(C(OC[C@H]2O[C@@H](n3ccc(NC(C)=O)nc3=O)[C@@H](OC(C)=O)[C@@H]2OC(OCCC#N)N(C(C)C)C(C)C)(c2ccccc2)c2ccc(OC)cc2)cc1. The minimum Gasteiger partial charge on any atom is -0.497 e. The topological polar surface area (TPSA) is 173 Å². The molecule has 1 aliphatic rings. The van der Waals surface area contributed by atoms with Crippen LogP contribution in [0.2, 0.25) is 0 Å². The van der Waals surface area contributed by atoms with E-state index in [9.17, 15) is 19.6 Å². The number of esters is 1. The van der Waals surface area contributed by atoms with Gasteiger partial charge in [-0.05, 0) is 74.7 Å². The van der Waals surface area contributed by atoms with E-state index in [-0.39, 0.29) is 37.5 Å². The molecular formula is C44H53N5O10. The first-order valence-corrected chi connectivity index (χ1v) is 19.4. The first kappa shape index (κ1) is 44.5. The van der Waals surface area contributed by atoms with Gasteiger partial charge in [-0.25, -0.2) is 4.79 Å². The molecule has 3 aromatic carbocycles. The van der Waals surface area contributed by atoms with E-state index < -0.39 is 54.1 Å². The van der Waals surface area contributed by atoms with E-state index in [0.29, 0.717) is 11.5 Å². The molecule has 2 heterocycles. The fourth-order valence-electron chi connectivity index (χ4n) is 7.30. The minimum atomic E-state index is -1.27. The van der Waals surface area contributed by atoms with Crippen molar-refractivity contribution in [2.24, 2.45) is 0 Å². The largest absolute Gasteiger partial charge is 0.497 e. The lowest BCUT2D eigenvalue weighted by atomic mass is 9.80. The van der Waals surface area contributed by atoms with Crippen LogP contribution < -0.4 is 20.5 Å². The van der Waals surface area contributed by atoms with Gasteiger partial charge >= 0.3 is 11.7 Å². The van der Waals surface area contributed by atoms with Crippen LogP contribution in [0.15, 0.2) is 95.9 Å². The van der Waals surface area contributed by atoms with Crippen molar-refractivity contribution in [2.75, 3.05) is 32.8 Å². The van der Waals surface area contributed by atoms with Gasteiger partial charge in [-0.1, -0.05) is 54.6 Å². The highest BCUT2D eigenvalue weighted by molar-refractivity contribution is 5.87. The van der Waals surface area contributed by atoms with Crippen LogP contribution in [-0.4, -0.2) is 90.6 Å². The fourth-order valence-corrected chi connectivity index (χ4v) is 7.30. The molecule has 15 heteroatoms. The van der Waals surface area contributed by atoms with E-state index in [2.05, 4.69) is 16.4 Å². The number of amides is 1. The lowest BCUT2D eigenvalue weighted by Gasteiger charge is -2.40. The number of carbonyl (C=O) groups is 2. The third-order valence-corrected chi connectivity index (χ3v) is 9.82. The molecule has 1 aliphatic heterocycles. The Hall–Kier alpha value is -5.63. The van der Waals surface area contributed by atoms with Gasteiger partial charge in [0.05, 0.1) is 39.9 Å². The van der Waals surface area contributed by atoms with E-state index >= 15 is 0 Å². The number of rotatable bonds is 19. The van der Waals surface area contributed by atoms with E-state index in [4.69, 9.17) is 33.2 Å². The maximum atomic E-state index is 13.6. The summed E-state index contributed by atoms with van der Waals surface area (Å²) in [6, 6.07) is 28.2. The van der Waals surface area contributed by atoms with Gasteiger partial charge in [0.15, 0.2) is 12.3 Å². The molecule has 1 unspecified atom stereocenters. The molecule has 59 heavy (non-hydrogen) atoms. The summed E-state index contributed by atoms with van der Waals surface area (Å²) in [5.41, 5.74) is 0.260. The molecule has 0 aliphatic carbocycles. The van der Waals surface area contributed by atoms with Crippen LogP contribution in [0.4, 0.5) is 5.82 Å². The molecule has 0 spiro atoms. The van der Waals surface area contributed by atoms with E-state index in [1.807, 2.05) is 111 Å². The van der Waals surface area contributed by atoms with Crippen LogP contribution in [0.1, 0.15) is 70.9 Å². The highest BCUT2D eigenvalue weighted by Crippen LogP contribution is 2.43. The summed E-state index contributed by atoms with van der Waals surface area (Å²) in [6.45, 7) is 10.4. The number of methoxy groups -OCH3 is 2. The second-order valence-corrected chi connectivity index (χ2v) is 14.5. The number of benzene rings is 3. The number of ether oxygens (including phenoxy) is 7. The molecular weight excluding hydrogens is 759 g/mol. The number of nitrogens with zero attached hydrogens (tertiary/aromatic N) is 4. The van der Waals surface area contributed by atoms with Crippen molar-refractivity contribution in [1.82, 2.24) is 14.5 Å². The zero-order chi connectivity index (χ0) is 42.7. The van der Waals surface area contributed by atoms with Crippen LogP contribution in [0.25, 0.3) is 0 Å². The maximum Gasteiger partial charge on any atom is 0.351 e. The zero-order valence-electron chi connectivity index (χ0n) is 34.7. The summed E-state index contributed by atoms with van der Waals surface area (Å²) in [7, 11) is 3.19. The van der Waals surface area contributed by atoms with Crippen molar-refractivity contribution in [2.45, 2.75) is 96.6 Å². The normalized spacial score (nSPS) is 18.4. The Kier molecular flexibility index (Phi) is 15.4. The predicted octanol–water partition coefficient (Wildman–Crippen LogP) is 5.77. The van der Waals surface area contributed by atoms with Crippen LogP contribution >= 0.6 is 0 Å². The van der Waals surface area contributed by atoms with Gasteiger partial charge in [0.25, 0.3) is 0 Å². The molecule has 4 aromatic rings. The van der Waals surface area contributed by atoms with Gasteiger partial charge in [-0.3, -0.25) is 19.1 Å². The molecule has 1 saturated heterocycles. The second kappa shape index (κ2) is 20.4. The number of hydrogen-bond donors (Lipinski definition) is 1. The second-order valence-electron chi connectivity index (χ2n) is 14.5. The number of hydrogen-bond acceptors (Lipinski definition) is 13. The maximum absolute atomic E-state index is 13.6. The van der Waals surface area contributed by atoms with Crippen molar-refractivity contribution < 1.29 is 42.7 Å². The molecule has 15 nitrogen and oxygen atoms in total. The average molecular weight is 812 g/mol. The fraction of sp³-hybridized carbons (Fsp3) is 0.432. The summed E-state index contributed by atoms with van der Waals surface area (Å²) in [6.07, 6.45) is -4.17. The first-order valence-electron chi connectivity index (χ1n) is 19.4. The average Bonchev–Trinajstić information content (AvgIpc) is 3.53. The Morgan fingerprint density at radius 3 is 1.95 bits per heavy atom. The zero-order valence-corrected chi connectivity index (χ0v) is 34.7. The molecule has 0 radical (unpaired) electrons. The van der Waals surface area contributed by atoms with Crippen molar-refractivity contribution in [3.05, 3.63) is 118 Å². The van der Waals surface area contributed by atoms with E-state index in [1.165, 1.54) is 30.7 Å². The number of carbonyl (C=O) groups excluding carboxylic acids is 2. The number of nitriles is 1. The quantitative estimate of drug-likeness (QED) is 0.0524. The van der Waals surface area contributed by atoms with Crippen molar-refractivity contribution in [3.63, 3.8) is 0 Å². The third-order valence-electron chi connectivity index (χ3n) is 9.82. The Morgan fingerprint density at radius 1 is 0.881 bits per heavy atom. The standard InChI is InChI=1S/C44H53N5O10/c1-28(2)49(29(3)4)43(55-26-12-24-45)59-39-37(58-41(40(39)57-31(6)51)48-25-23-38(46-30(5)50)47-42(48)52)27-56-44(32-13-10-9-11-14-32,33-15-19-35(53-7)20-16-33)34-17-21-36(54-8)22-18-34/h9-11,13-23,25,28-29,37,39-41,43H,12,26-27H2,1-8H3,(H,46,47,50,52)/t37-,39-,40+,41-,43?/m1/s1. The Bertz CT molecular complexity index is 2030. The summed E-state index contributed by atoms with van der Waals surface area (Å²) in [4.78, 5) is 44.3. The molecule has 0 bridgehead atoms. The summed E-state index contributed by atoms with van der Waals surface area (Å²) in [5, 5.41) is 11.9. The molecule has 1 fully saturated rings. The van der Waals surface area contributed by atoms with Gasteiger partial charge < -0.3 is 38.5 Å². The minimum absolute atomic E-state index is 0.0376. The lowest BCUT2D eigenvalue weighted by molar-refractivity contribution is -0.275. The number of nitrogens with one attached hydrogen (secondary N) is 1. The highest BCUT2D eigenvalue weighted by Gasteiger charge is 2.52. The monoisotopic (exact) mass is 811 g/mol. The molecule has 5 atom stereocenters. The third kappa shape index (κ3) is 10.5. The van der Waals surface area contributed by atoms with Crippen LogP contribution in [-0.2, 0) is 38.9 Å². The molecule has 314 valence electrons. The van der Waals surface area contributed by atoms with E-state index in [0.717, 1.165) is 16.7 Å². The van der Waals surface area contributed by atoms with Gasteiger partial charge in [0, 0.05) is 32.1 Å². The van der Waals surface area contributed by atoms with Crippen molar-refractivity contribution in [1.29, 1.82) is 5.26 Å². The van der Waals surface area contributed by atoms with Gasteiger partial charge in [-0.15, -0.1) is 0 Å². The molecule has 0 saturated carbocycles. The predicted molar refractivity (Wildman–Crippen MR) is 217 cm³/mol. The van der Waals surface area contributed by atoms with Crippen LogP contribution in [0, 0.1) is 11.3 Å². The number of aromatic nitrogens is 2. The smallest absolute Gasteiger partial charge is 0.351 e.